The largest absolute Gasteiger partial charge is 0.512 e. The molecule has 4 heterocycles. The van der Waals surface area contributed by atoms with Crippen LogP contribution in [0.2, 0.25) is 0 Å². The number of hydrogen-bond acceptors (Lipinski definition) is 12. The minimum atomic E-state index is -2.16. The molecule has 16 rings (SSSR count). The molecule has 16 heteroatoms. The molecule has 4 aliphatic carbocycles. The monoisotopic (exact) mass is 2690 g/mol. The molecule has 0 atom stereocenters. The van der Waals surface area contributed by atoms with Crippen molar-refractivity contribution < 1.29 is 136 Å². The number of carbonyl (C=O) groups is 4. The summed E-state index contributed by atoms with van der Waals surface area (Å²) in [7, 11) is 0. The van der Waals surface area contributed by atoms with Gasteiger partial charge >= 0.3 is 0 Å². The molecule has 4 aromatic heterocycles. The Hall–Kier alpha value is -9.16. The van der Waals surface area contributed by atoms with E-state index in [1.807, 2.05) is 205 Å². The number of ketones is 4. The summed E-state index contributed by atoms with van der Waals surface area (Å²) in [5.74, 6) is 3.80. The summed E-state index contributed by atoms with van der Waals surface area (Å²) in [5.41, 5.74) is 20.0. The molecule has 4 aliphatic rings. The van der Waals surface area contributed by atoms with Gasteiger partial charge in [-0.3, -0.25) is 39.1 Å². The van der Waals surface area contributed by atoms with Crippen molar-refractivity contribution in [2.24, 2.45) is 71.0 Å². The van der Waals surface area contributed by atoms with Crippen molar-refractivity contribution in [2.45, 2.75) is 307 Å². The van der Waals surface area contributed by atoms with Crippen LogP contribution in [0.3, 0.4) is 0 Å². The summed E-state index contributed by atoms with van der Waals surface area (Å²) >= 11 is 0. The van der Waals surface area contributed by atoms with Crippen molar-refractivity contribution in [3.8, 4) is 45.0 Å². The Labute approximate surface area is 947 Å². The number of hydrogen-bond donors (Lipinski definition) is 4. The van der Waals surface area contributed by atoms with E-state index in [1.54, 1.807) is 24.3 Å². The summed E-state index contributed by atoms with van der Waals surface area (Å²) in [6.45, 7) is 28.3. The second-order valence-corrected chi connectivity index (χ2v) is 41.9. The van der Waals surface area contributed by atoms with E-state index in [0.29, 0.717) is 0 Å². The predicted octanol–water partition coefficient (Wildman–Crippen LogP) is 34.2. The number of aliphatic hydroxyl groups is 4. The molecule has 4 radical (unpaired) electrons. The van der Waals surface area contributed by atoms with Gasteiger partial charge in [0.15, 0.2) is 23.1 Å². The molecular formula is C130H164Ir4N4O8-4. The van der Waals surface area contributed by atoms with Crippen molar-refractivity contribution in [1.29, 1.82) is 0 Å². The molecular weight excluding hydrogens is 2510 g/mol. The molecule has 4 N–H and O–H groups in total. The number of rotatable bonds is 24. The van der Waals surface area contributed by atoms with Gasteiger partial charge in [-0.25, -0.2) is 0 Å². The Morgan fingerprint density at radius 3 is 0.651 bits per heavy atom. The van der Waals surface area contributed by atoms with E-state index in [2.05, 4.69) is 103 Å². The fourth-order valence-corrected chi connectivity index (χ4v) is 17.6. The van der Waals surface area contributed by atoms with Gasteiger partial charge in [0.05, 0.1) is 45.1 Å². The number of aromatic nitrogens is 4. The van der Waals surface area contributed by atoms with Gasteiger partial charge < -0.3 is 20.4 Å². The first-order valence-electron chi connectivity index (χ1n) is 57.9. The van der Waals surface area contributed by atoms with Crippen LogP contribution in [0.1, 0.15) is 310 Å². The summed E-state index contributed by atoms with van der Waals surface area (Å²) in [5, 5.41) is 41.6. The van der Waals surface area contributed by atoms with Crippen LogP contribution in [0.15, 0.2) is 217 Å². The van der Waals surface area contributed by atoms with Crippen LogP contribution in [-0.4, -0.2) is 63.5 Å². The molecule has 4 fully saturated rings. The molecule has 12 aromatic rings. The fourth-order valence-electron chi connectivity index (χ4n) is 17.6. The minimum absolute atomic E-state index is 0. The molecule has 792 valence electrons. The summed E-state index contributed by atoms with van der Waals surface area (Å²) < 4.78 is 92.2. The zero-order valence-corrected chi connectivity index (χ0v) is 99.1. The number of aryl methyl sites for hydroxylation is 8. The molecule has 0 unspecified atom stereocenters. The van der Waals surface area contributed by atoms with Gasteiger partial charge in [0, 0.05) is 190 Å². The number of carbonyl (C=O) groups excluding carboxylic acids is 4. The third kappa shape index (κ3) is 41.6. The van der Waals surface area contributed by atoms with Gasteiger partial charge in [-0.05, 0) is 119 Å². The number of fused-ring (bicyclic) bond motifs is 4. The Morgan fingerprint density at radius 2 is 0.473 bits per heavy atom. The Kier molecular flexibility index (Phi) is 47.2. The average molecular weight is 2690 g/mol. The van der Waals surface area contributed by atoms with Crippen LogP contribution in [0, 0.1) is 150 Å². The maximum absolute atomic E-state index is 11.0. The summed E-state index contributed by atoms with van der Waals surface area (Å²) in [4.78, 5) is 63.4. The number of allylic oxidation sites excluding steroid dienone is 8. The number of benzene rings is 8. The van der Waals surface area contributed by atoms with E-state index in [4.69, 9.17) is 36.4 Å². The number of aliphatic hydroxyl groups excluding tert-OH is 4. The van der Waals surface area contributed by atoms with E-state index in [-0.39, 0.29) is 196 Å². The minimum Gasteiger partial charge on any atom is -0.512 e. The number of pyridine rings is 4. The van der Waals surface area contributed by atoms with E-state index < -0.39 is 27.4 Å². The third-order valence-electron chi connectivity index (χ3n) is 26.7. The second-order valence-electron chi connectivity index (χ2n) is 41.9. The van der Waals surface area contributed by atoms with Crippen LogP contribution in [0.25, 0.3) is 88.6 Å². The van der Waals surface area contributed by atoms with Gasteiger partial charge in [-0.2, -0.15) is 0 Å². The topological polar surface area (TPSA) is 201 Å². The van der Waals surface area contributed by atoms with Gasteiger partial charge in [0.1, 0.15) is 0 Å². The van der Waals surface area contributed by atoms with Crippen molar-refractivity contribution in [1.82, 2.24) is 19.9 Å². The molecule has 0 amide bonds. The van der Waals surface area contributed by atoms with E-state index >= 15 is 0 Å². The van der Waals surface area contributed by atoms with E-state index in [1.165, 1.54) is 184 Å². The van der Waals surface area contributed by atoms with Crippen LogP contribution < -0.4 is 0 Å². The summed E-state index contributed by atoms with van der Waals surface area (Å²) in [6, 6.07) is 68.7. The quantitative estimate of drug-likeness (QED) is 0.0193. The van der Waals surface area contributed by atoms with Gasteiger partial charge in [0.2, 0.25) is 0 Å². The molecule has 0 aliphatic heterocycles. The molecule has 4 saturated carbocycles. The van der Waals surface area contributed by atoms with Crippen molar-refractivity contribution in [3.63, 3.8) is 0 Å². The fraction of sp³-hybridized carbons (Fsp3) is 0.446. The first-order valence-corrected chi connectivity index (χ1v) is 51.9. The standard InChI is InChI=1S/C25H28N.C24H26N.C23H24N.C22H22N.4C9H16O2.4Ir/c1-18-14-19(2)16-22(15-18)24-13-12-23-21(10-7-11-25(23)26-24)17-20-8-5-3-4-6-9-20;1-17-13-18(2)15-21(14-17)23-12-11-22-20(9-6-10-24(22)25-23)16-19-7-4-3-5-8-19;1-16-12-17(2)14-20(13-16)22-11-10-21-19(8-5-9-23(21)24-22)15-18-6-3-4-7-18;1-15-11-16(2)13-19(12-15)21-10-9-20-18(14-17-5-3-6-17)7-4-8-22(20)23-21;4*1-6(2)8(10)5-9(11)7(3)4;;;;/h7,10-15,20H,3-6,8-9,17H2,1-2H3;6,9-14,19H,3-5,7-8,16H2,1-2H3;5,8-13,18H,3-4,6-7,15H2,1-2H3;4,7-12,17H,3,5-6,14H2,1-2H3;4*5-7,10H,1-4H3;;;;/q4*-1;;;;;;;;/i4*2D3;;;;;;;;. The average Bonchev–Trinajstić information content (AvgIpc) is 0.869. The zero-order valence-electron chi connectivity index (χ0n) is 102. The van der Waals surface area contributed by atoms with E-state index in [0.717, 1.165) is 139 Å². The van der Waals surface area contributed by atoms with E-state index in [9.17, 15) is 39.6 Å². The molecule has 0 spiro atoms. The van der Waals surface area contributed by atoms with Crippen molar-refractivity contribution in [2.75, 3.05) is 0 Å². The van der Waals surface area contributed by atoms with Crippen LogP contribution >= 0.6 is 0 Å². The van der Waals surface area contributed by atoms with Gasteiger partial charge in [0.25, 0.3) is 0 Å². The second kappa shape index (κ2) is 63.7. The molecule has 0 saturated heterocycles. The van der Waals surface area contributed by atoms with Crippen molar-refractivity contribution in [3.05, 3.63) is 308 Å². The van der Waals surface area contributed by atoms with Gasteiger partial charge in [-0.1, -0.05) is 379 Å². The maximum Gasteiger partial charge on any atom is 0.161 e. The SMILES string of the molecule is CC(C)C(=O)C=C(O)C(C)C.CC(C)C(=O)C=C(O)C(C)C.CC(C)C(=O)C=C(O)C(C)C.CC(C)C(=O)C=C(O)C(C)C.[2H]C([2H])([2H])c1[c-]c(-c2ccc3c(CC4CCC4)cccc3n2)cc(C)c1.[2H]C([2H])([2H])c1[c-]c(-c2ccc3c(CC4CCCC4)cccc3n2)cc(C)c1.[2H]C([2H])([2H])c1[c-]c(-c2ccc3c(CC4CCCCC4)cccc3n2)cc(C)c1.[2H]C([2H])([2H])c1[c-]c(-c2ccc3c(CC4CCCCCC4)cccc3n2)cc(C)c1.[Ir].[Ir].[Ir].[Ir]. The van der Waals surface area contributed by atoms with Crippen molar-refractivity contribution >= 4 is 66.7 Å². The maximum atomic E-state index is 11.0. The number of nitrogens with zero attached hydrogens (tertiary/aromatic N) is 4. The molecule has 12 nitrogen and oxygen atoms in total. The van der Waals surface area contributed by atoms with Crippen LogP contribution in [0.4, 0.5) is 0 Å². The smallest absolute Gasteiger partial charge is 0.161 e. The third-order valence-corrected chi connectivity index (χ3v) is 26.7. The summed E-state index contributed by atoms with van der Waals surface area (Å²) in [6.07, 6.45) is 34.0. The zero-order chi connectivity index (χ0) is 114. The molecule has 146 heavy (non-hydrogen) atoms. The molecule has 8 aromatic carbocycles. The molecule has 0 bridgehead atoms. The van der Waals surface area contributed by atoms with Crippen LogP contribution in [-0.2, 0) is 125 Å². The Balaban J connectivity index is 0.000000326. The normalized spacial score (nSPS) is 15.8. The Bertz CT molecular complexity index is 6660. The first kappa shape index (κ1) is 108. The van der Waals surface area contributed by atoms with Gasteiger partial charge in [-0.15, -0.1) is 140 Å². The Morgan fingerprint density at radius 1 is 0.281 bits per heavy atom. The first-order chi connectivity index (χ1) is 72.4. The predicted molar refractivity (Wildman–Crippen MR) is 595 cm³/mol. The van der Waals surface area contributed by atoms with Crippen LogP contribution in [0.5, 0.6) is 0 Å².